The van der Waals surface area contributed by atoms with Crippen molar-refractivity contribution in [2.45, 2.75) is 6.92 Å². The van der Waals surface area contributed by atoms with Crippen molar-refractivity contribution >= 4 is 17.3 Å². The van der Waals surface area contributed by atoms with Crippen molar-refractivity contribution in [1.82, 2.24) is 0 Å². The zero-order chi connectivity index (χ0) is 11.5. The van der Waals surface area contributed by atoms with Crippen LogP contribution in [0.1, 0.15) is 5.56 Å². The van der Waals surface area contributed by atoms with E-state index in [1.54, 1.807) is 12.1 Å². The molecule has 0 aliphatic rings. The van der Waals surface area contributed by atoms with Crippen LogP contribution in [0, 0.1) is 6.92 Å². The third-order valence-electron chi connectivity index (χ3n) is 2.20. The molecule has 0 spiro atoms. The van der Waals surface area contributed by atoms with Crippen molar-refractivity contribution in [3.05, 3.63) is 53.1 Å². The van der Waals surface area contributed by atoms with Crippen molar-refractivity contribution < 1.29 is 4.74 Å². The van der Waals surface area contributed by atoms with Gasteiger partial charge < -0.3 is 10.5 Å². The van der Waals surface area contributed by atoms with E-state index in [1.165, 1.54) is 0 Å². The second kappa shape index (κ2) is 4.45. The topological polar surface area (TPSA) is 35.2 Å². The number of nitrogens with two attached hydrogens (primary N) is 1. The van der Waals surface area contributed by atoms with Gasteiger partial charge in [-0.05, 0) is 48.9 Å². The van der Waals surface area contributed by atoms with Crippen LogP contribution in [0.2, 0.25) is 5.02 Å². The van der Waals surface area contributed by atoms with Crippen molar-refractivity contribution in [1.29, 1.82) is 0 Å². The van der Waals surface area contributed by atoms with Crippen LogP contribution in [-0.2, 0) is 0 Å². The predicted octanol–water partition coefficient (Wildman–Crippen LogP) is 4.02. The maximum absolute atomic E-state index is 6.06. The summed E-state index contributed by atoms with van der Waals surface area (Å²) in [6.07, 6.45) is 0. The van der Waals surface area contributed by atoms with Crippen molar-refractivity contribution in [2.75, 3.05) is 5.73 Å². The number of aryl methyl sites for hydroxylation is 1. The number of hydrogen-bond acceptors (Lipinski definition) is 2. The number of hydrogen-bond donors (Lipinski definition) is 1. The van der Waals surface area contributed by atoms with Crippen molar-refractivity contribution in [3.63, 3.8) is 0 Å². The van der Waals surface area contributed by atoms with Gasteiger partial charge in [-0.1, -0.05) is 17.7 Å². The fraction of sp³-hybridized carbons (Fsp3) is 0.0769. The minimum Gasteiger partial charge on any atom is -0.456 e. The second-order valence-electron chi connectivity index (χ2n) is 3.60. The number of benzene rings is 2. The molecule has 0 atom stereocenters. The van der Waals surface area contributed by atoms with Crippen LogP contribution in [0.4, 0.5) is 5.69 Å². The van der Waals surface area contributed by atoms with E-state index >= 15 is 0 Å². The highest BCUT2D eigenvalue weighted by molar-refractivity contribution is 6.32. The van der Waals surface area contributed by atoms with Crippen LogP contribution in [0.25, 0.3) is 0 Å². The van der Waals surface area contributed by atoms with Crippen LogP contribution < -0.4 is 10.5 Å². The predicted molar refractivity (Wildman–Crippen MR) is 67.1 cm³/mol. The Labute approximate surface area is 99.6 Å². The molecule has 16 heavy (non-hydrogen) atoms. The van der Waals surface area contributed by atoms with Gasteiger partial charge >= 0.3 is 0 Å². The average Bonchev–Trinajstić information content (AvgIpc) is 2.25. The number of ether oxygens (including phenoxy) is 1. The Balaban J connectivity index is 2.23. The van der Waals surface area contributed by atoms with Gasteiger partial charge in [0.25, 0.3) is 0 Å². The number of nitrogen functional groups attached to an aromatic ring is 1. The maximum Gasteiger partial charge on any atom is 0.146 e. The SMILES string of the molecule is Cc1ccc(Oc2ccc(N)cc2)c(Cl)c1. The van der Waals surface area contributed by atoms with Gasteiger partial charge in [0.15, 0.2) is 0 Å². The third kappa shape index (κ3) is 2.47. The molecule has 0 aliphatic heterocycles. The van der Waals surface area contributed by atoms with Gasteiger partial charge in [0, 0.05) is 5.69 Å². The molecule has 0 saturated heterocycles. The molecule has 2 N–H and O–H groups in total. The molecule has 2 aromatic rings. The molecule has 0 fully saturated rings. The standard InChI is InChI=1S/C13H12ClNO/c1-9-2-7-13(12(14)8-9)16-11-5-3-10(15)4-6-11/h2-8H,15H2,1H3. The Kier molecular flexibility index (Phi) is 3.02. The fourth-order valence-electron chi connectivity index (χ4n) is 1.35. The highest BCUT2D eigenvalue weighted by Crippen LogP contribution is 2.30. The van der Waals surface area contributed by atoms with Gasteiger partial charge in [-0.25, -0.2) is 0 Å². The molecule has 0 aliphatic carbocycles. The normalized spacial score (nSPS) is 10.1. The zero-order valence-corrected chi connectivity index (χ0v) is 9.66. The molecule has 82 valence electrons. The summed E-state index contributed by atoms with van der Waals surface area (Å²) in [5, 5.41) is 0.608. The summed E-state index contributed by atoms with van der Waals surface area (Å²) in [5.41, 5.74) is 7.40. The third-order valence-corrected chi connectivity index (χ3v) is 2.49. The highest BCUT2D eigenvalue weighted by Gasteiger charge is 2.02. The second-order valence-corrected chi connectivity index (χ2v) is 4.01. The van der Waals surface area contributed by atoms with Crippen LogP contribution >= 0.6 is 11.6 Å². The molecule has 2 nitrogen and oxygen atoms in total. The Morgan fingerprint density at radius 2 is 1.75 bits per heavy atom. The molecule has 0 saturated carbocycles. The van der Waals surface area contributed by atoms with Gasteiger partial charge in [-0.2, -0.15) is 0 Å². The smallest absolute Gasteiger partial charge is 0.146 e. The Morgan fingerprint density at radius 3 is 2.38 bits per heavy atom. The van der Waals surface area contributed by atoms with E-state index in [9.17, 15) is 0 Å². The van der Waals surface area contributed by atoms with Gasteiger partial charge in [-0.3, -0.25) is 0 Å². The van der Waals surface area contributed by atoms with E-state index in [1.807, 2.05) is 37.3 Å². The number of halogens is 1. The molecule has 2 rings (SSSR count). The molecular weight excluding hydrogens is 222 g/mol. The number of rotatable bonds is 2. The number of anilines is 1. The van der Waals surface area contributed by atoms with Crippen molar-refractivity contribution in [3.8, 4) is 11.5 Å². The lowest BCUT2D eigenvalue weighted by molar-refractivity contribution is 0.483. The van der Waals surface area contributed by atoms with Gasteiger partial charge in [0.1, 0.15) is 11.5 Å². The van der Waals surface area contributed by atoms with Crippen LogP contribution in [0.5, 0.6) is 11.5 Å². The monoisotopic (exact) mass is 233 g/mol. The minimum atomic E-state index is 0.608. The molecular formula is C13H12ClNO. The maximum atomic E-state index is 6.06. The van der Waals surface area contributed by atoms with Crippen molar-refractivity contribution in [2.24, 2.45) is 0 Å². The molecule has 0 heterocycles. The fourth-order valence-corrected chi connectivity index (χ4v) is 1.63. The summed E-state index contributed by atoms with van der Waals surface area (Å²) >= 11 is 6.06. The van der Waals surface area contributed by atoms with Gasteiger partial charge in [0.2, 0.25) is 0 Å². The molecule has 0 radical (unpaired) electrons. The van der Waals surface area contributed by atoms with Gasteiger partial charge in [0.05, 0.1) is 5.02 Å². The molecule has 0 unspecified atom stereocenters. The minimum absolute atomic E-state index is 0.608. The Morgan fingerprint density at radius 1 is 1.06 bits per heavy atom. The first-order valence-corrected chi connectivity index (χ1v) is 5.32. The van der Waals surface area contributed by atoms with E-state index in [0.717, 1.165) is 11.3 Å². The Hall–Kier alpha value is -1.67. The van der Waals surface area contributed by atoms with E-state index in [4.69, 9.17) is 22.1 Å². The summed E-state index contributed by atoms with van der Waals surface area (Å²) in [6, 6.07) is 12.9. The largest absolute Gasteiger partial charge is 0.456 e. The van der Waals surface area contributed by atoms with E-state index < -0.39 is 0 Å². The summed E-state index contributed by atoms with van der Waals surface area (Å²) in [6.45, 7) is 1.98. The highest BCUT2D eigenvalue weighted by atomic mass is 35.5. The Bertz CT molecular complexity index is 494. The van der Waals surface area contributed by atoms with Crippen LogP contribution in [0.15, 0.2) is 42.5 Å². The van der Waals surface area contributed by atoms with Crippen LogP contribution in [-0.4, -0.2) is 0 Å². The average molecular weight is 234 g/mol. The molecule has 0 bridgehead atoms. The summed E-state index contributed by atoms with van der Waals surface area (Å²) in [5.74, 6) is 1.37. The molecule has 2 aromatic carbocycles. The first-order chi connectivity index (χ1) is 7.65. The summed E-state index contributed by atoms with van der Waals surface area (Å²) < 4.78 is 5.63. The lowest BCUT2D eigenvalue weighted by atomic mass is 10.2. The zero-order valence-electron chi connectivity index (χ0n) is 8.91. The molecule has 0 amide bonds. The van der Waals surface area contributed by atoms with E-state index in [2.05, 4.69) is 0 Å². The lowest BCUT2D eigenvalue weighted by Gasteiger charge is -2.08. The summed E-state index contributed by atoms with van der Waals surface area (Å²) in [7, 11) is 0. The van der Waals surface area contributed by atoms with Gasteiger partial charge in [-0.15, -0.1) is 0 Å². The molecule has 3 heteroatoms. The van der Waals surface area contributed by atoms with Crippen LogP contribution in [0.3, 0.4) is 0 Å². The first kappa shape index (κ1) is 10.8. The quantitative estimate of drug-likeness (QED) is 0.795. The first-order valence-electron chi connectivity index (χ1n) is 4.95. The van der Waals surface area contributed by atoms with E-state index in [0.29, 0.717) is 16.5 Å². The lowest BCUT2D eigenvalue weighted by Crippen LogP contribution is -1.87. The van der Waals surface area contributed by atoms with E-state index in [-0.39, 0.29) is 0 Å². The molecule has 0 aromatic heterocycles. The summed E-state index contributed by atoms with van der Waals surface area (Å²) in [4.78, 5) is 0.